The van der Waals surface area contributed by atoms with Crippen molar-refractivity contribution in [1.29, 1.82) is 0 Å². The predicted octanol–water partition coefficient (Wildman–Crippen LogP) is 5.41. The zero-order chi connectivity index (χ0) is 21.8. The maximum atomic E-state index is 12.4. The summed E-state index contributed by atoms with van der Waals surface area (Å²) in [5.41, 5.74) is 5.24. The lowest BCUT2D eigenvalue weighted by atomic mass is 10.0. The summed E-state index contributed by atoms with van der Waals surface area (Å²) in [7, 11) is 0. The van der Waals surface area contributed by atoms with Crippen LogP contribution in [-0.2, 0) is 11.2 Å². The third-order valence-electron chi connectivity index (χ3n) is 5.19. The Morgan fingerprint density at radius 3 is 2.71 bits per heavy atom. The highest BCUT2D eigenvalue weighted by atomic mass is 16.6. The third kappa shape index (κ3) is 4.45. The van der Waals surface area contributed by atoms with E-state index in [-0.39, 0.29) is 23.7 Å². The number of hydrogen-bond acceptors (Lipinski definition) is 4. The molecule has 0 atom stereocenters. The Bertz CT molecular complexity index is 1250. The lowest BCUT2D eigenvalue weighted by Crippen LogP contribution is -2.12. The number of aromatic nitrogens is 2. The van der Waals surface area contributed by atoms with Crippen LogP contribution in [0.25, 0.3) is 22.3 Å². The van der Waals surface area contributed by atoms with Crippen molar-refractivity contribution in [3.63, 3.8) is 0 Å². The lowest BCUT2D eigenvalue weighted by Gasteiger charge is -2.07. The van der Waals surface area contributed by atoms with Crippen LogP contribution in [0.2, 0.25) is 0 Å². The van der Waals surface area contributed by atoms with Crippen molar-refractivity contribution >= 4 is 28.2 Å². The minimum Gasteiger partial charge on any atom is -0.353 e. The molecule has 0 bridgehead atoms. The Hall–Kier alpha value is -4.00. The number of amides is 1. The fourth-order valence-corrected chi connectivity index (χ4v) is 3.73. The smallest absolute Gasteiger partial charge is 0.292 e. The lowest BCUT2D eigenvalue weighted by molar-refractivity contribution is -0.383. The highest BCUT2D eigenvalue weighted by Gasteiger charge is 2.17. The Balaban J connectivity index is 1.52. The normalized spacial score (nSPS) is 10.9. The number of carbonyl (C=O) groups is 1. The van der Waals surface area contributed by atoms with Crippen molar-refractivity contribution in [2.75, 3.05) is 5.32 Å². The van der Waals surface area contributed by atoms with Crippen LogP contribution >= 0.6 is 0 Å². The van der Waals surface area contributed by atoms with Crippen molar-refractivity contribution in [2.45, 2.75) is 26.2 Å². The second kappa shape index (κ2) is 8.79. The first kappa shape index (κ1) is 20.3. The number of rotatable bonds is 7. The average Bonchev–Trinajstić information content (AvgIpc) is 3.12. The fraction of sp³-hybridized carbons (Fsp3) is 0.167. The van der Waals surface area contributed by atoms with Gasteiger partial charge in [-0.15, -0.1) is 0 Å². The molecule has 0 unspecified atom stereocenters. The van der Waals surface area contributed by atoms with Crippen molar-refractivity contribution in [1.82, 2.24) is 9.97 Å². The molecular formula is C24H22N4O3. The third-order valence-corrected chi connectivity index (χ3v) is 5.19. The van der Waals surface area contributed by atoms with E-state index >= 15 is 0 Å². The highest BCUT2D eigenvalue weighted by molar-refractivity contribution is 5.93. The molecule has 0 aliphatic carbocycles. The molecule has 2 aromatic heterocycles. The van der Waals surface area contributed by atoms with Crippen molar-refractivity contribution in [3.8, 4) is 11.4 Å². The van der Waals surface area contributed by atoms with E-state index in [2.05, 4.69) is 40.4 Å². The number of anilines is 1. The van der Waals surface area contributed by atoms with Gasteiger partial charge in [0, 0.05) is 29.6 Å². The average molecular weight is 414 g/mol. The van der Waals surface area contributed by atoms with E-state index in [1.165, 1.54) is 12.1 Å². The van der Waals surface area contributed by atoms with Crippen LogP contribution in [0.4, 0.5) is 11.4 Å². The monoisotopic (exact) mass is 414 g/mol. The van der Waals surface area contributed by atoms with Gasteiger partial charge in [0.2, 0.25) is 5.91 Å². The summed E-state index contributed by atoms with van der Waals surface area (Å²) in [4.78, 5) is 31.0. The number of nitrogens with zero attached hydrogens (tertiary/aromatic N) is 2. The number of aromatic amines is 1. The first-order valence-electron chi connectivity index (χ1n) is 10.1. The number of carbonyl (C=O) groups excluding carboxylic acids is 1. The van der Waals surface area contributed by atoms with E-state index in [1.807, 2.05) is 18.2 Å². The van der Waals surface area contributed by atoms with E-state index in [0.717, 1.165) is 33.4 Å². The van der Waals surface area contributed by atoms with Gasteiger partial charge in [-0.05, 0) is 55.7 Å². The standard InChI is InChI=1S/C24H22N4O3/c1-16-12-13-19-18(15-16)17(24(27-19)21-9-4-5-14-25-21)7-6-11-23(29)26-20-8-2-3-10-22(20)28(30)31/h2-5,8-10,12-15,27H,6-7,11H2,1H3,(H,26,29). The largest absolute Gasteiger partial charge is 0.353 e. The molecule has 2 N–H and O–H groups in total. The predicted molar refractivity (Wildman–Crippen MR) is 121 cm³/mol. The van der Waals surface area contributed by atoms with Gasteiger partial charge < -0.3 is 10.3 Å². The highest BCUT2D eigenvalue weighted by Crippen LogP contribution is 2.31. The van der Waals surface area contributed by atoms with Gasteiger partial charge in [0.25, 0.3) is 5.69 Å². The SMILES string of the molecule is Cc1ccc2[nH]c(-c3ccccn3)c(CCCC(=O)Nc3ccccc3[N+](=O)[O-])c2c1. The van der Waals surface area contributed by atoms with E-state index in [1.54, 1.807) is 18.3 Å². The van der Waals surface area contributed by atoms with E-state index in [4.69, 9.17) is 0 Å². The van der Waals surface area contributed by atoms with Gasteiger partial charge in [-0.2, -0.15) is 0 Å². The van der Waals surface area contributed by atoms with Crippen LogP contribution in [0.5, 0.6) is 0 Å². The molecule has 0 saturated carbocycles. The summed E-state index contributed by atoms with van der Waals surface area (Å²) in [6.07, 6.45) is 3.30. The van der Waals surface area contributed by atoms with Crippen molar-refractivity contribution in [3.05, 3.63) is 88.1 Å². The fourth-order valence-electron chi connectivity index (χ4n) is 3.73. The summed E-state index contributed by atoms with van der Waals surface area (Å²) < 4.78 is 0. The van der Waals surface area contributed by atoms with Crippen LogP contribution in [0.15, 0.2) is 66.9 Å². The Labute approximate surface area is 179 Å². The number of hydrogen-bond donors (Lipinski definition) is 2. The van der Waals surface area contributed by atoms with Gasteiger partial charge in [0.15, 0.2) is 0 Å². The molecule has 0 fully saturated rings. The molecule has 2 aromatic carbocycles. The Morgan fingerprint density at radius 1 is 1.13 bits per heavy atom. The number of fused-ring (bicyclic) bond motifs is 1. The molecule has 1 amide bonds. The zero-order valence-corrected chi connectivity index (χ0v) is 17.1. The minimum absolute atomic E-state index is 0.111. The van der Waals surface area contributed by atoms with Gasteiger partial charge >= 0.3 is 0 Å². The molecular weight excluding hydrogens is 392 g/mol. The molecule has 7 heteroatoms. The number of nitro benzene ring substituents is 1. The number of H-pyrrole nitrogens is 1. The molecule has 0 radical (unpaired) electrons. The molecule has 0 saturated heterocycles. The number of nitro groups is 1. The van der Waals surface area contributed by atoms with Gasteiger partial charge in [-0.25, -0.2) is 0 Å². The number of para-hydroxylation sites is 2. The maximum absolute atomic E-state index is 12.4. The maximum Gasteiger partial charge on any atom is 0.292 e. The summed E-state index contributed by atoms with van der Waals surface area (Å²) in [5.74, 6) is -0.246. The number of nitrogens with one attached hydrogen (secondary N) is 2. The van der Waals surface area contributed by atoms with Gasteiger partial charge in [0.1, 0.15) is 5.69 Å². The van der Waals surface area contributed by atoms with E-state index in [0.29, 0.717) is 12.8 Å². The van der Waals surface area contributed by atoms with Crippen LogP contribution in [-0.4, -0.2) is 20.8 Å². The summed E-state index contributed by atoms with van der Waals surface area (Å²) >= 11 is 0. The molecule has 0 aliphatic heterocycles. The quantitative estimate of drug-likeness (QED) is 0.312. The van der Waals surface area contributed by atoms with Gasteiger partial charge in [0.05, 0.1) is 16.3 Å². The second-order valence-electron chi connectivity index (χ2n) is 7.42. The van der Waals surface area contributed by atoms with Gasteiger partial charge in [-0.1, -0.05) is 29.8 Å². The van der Waals surface area contributed by atoms with Crippen molar-refractivity contribution < 1.29 is 9.72 Å². The first-order chi connectivity index (χ1) is 15.0. The molecule has 0 spiro atoms. The minimum atomic E-state index is -0.497. The summed E-state index contributed by atoms with van der Waals surface area (Å²) in [5, 5.41) is 14.9. The molecule has 0 aliphatic rings. The summed E-state index contributed by atoms with van der Waals surface area (Å²) in [6.45, 7) is 2.05. The molecule has 4 aromatic rings. The summed E-state index contributed by atoms with van der Waals surface area (Å²) in [6, 6.07) is 18.2. The van der Waals surface area contributed by atoms with Crippen LogP contribution in [0, 0.1) is 17.0 Å². The van der Waals surface area contributed by atoms with Crippen LogP contribution in [0.3, 0.4) is 0 Å². The zero-order valence-electron chi connectivity index (χ0n) is 17.1. The number of aryl methyl sites for hydroxylation is 2. The molecule has 7 nitrogen and oxygen atoms in total. The molecule has 156 valence electrons. The molecule has 31 heavy (non-hydrogen) atoms. The molecule has 4 rings (SSSR count). The van der Waals surface area contributed by atoms with Crippen LogP contribution < -0.4 is 5.32 Å². The number of pyridine rings is 1. The Morgan fingerprint density at radius 2 is 1.94 bits per heavy atom. The Kier molecular flexibility index (Phi) is 5.75. The van der Waals surface area contributed by atoms with E-state index in [9.17, 15) is 14.9 Å². The molecule has 2 heterocycles. The van der Waals surface area contributed by atoms with Crippen LogP contribution in [0.1, 0.15) is 24.0 Å². The topological polar surface area (TPSA) is 101 Å². The first-order valence-corrected chi connectivity index (χ1v) is 10.1. The number of benzene rings is 2. The van der Waals surface area contributed by atoms with E-state index < -0.39 is 4.92 Å². The second-order valence-corrected chi connectivity index (χ2v) is 7.42. The van der Waals surface area contributed by atoms with Gasteiger partial charge in [-0.3, -0.25) is 19.9 Å². The van der Waals surface area contributed by atoms with Crippen molar-refractivity contribution in [2.24, 2.45) is 0 Å².